The van der Waals surface area contributed by atoms with Crippen LogP contribution >= 0.6 is 0 Å². The molecule has 11 nitrogen and oxygen atoms in total. The van der Waals surface area contributed by atoms with Crippen molar-refractivity contribution < 1.29 is 38.1 Å². The van der Waals surface area contributed by atoms with Crippen LogP contribution in [0.15, 0.2) is 60.7 Å². The second-order valence-corrected chi connectivity index (χ2v) is 11.9. The summed E-state index contributed by atoms with van der Waals surface area (Å²) in [5, 5.41) is 5.95. The van der Waals surface area contributed by atoms with Crippen molar-refractivity contribution in [3.8, 4) is 28.7 Å². The highest BCUT2D eigenvalue weighted by Crippen LogP contribution is 2.32. The number of nitrogens with one attached hydrogen (secondary N) is 2. The van der Waals surface area contributed by atoms with E-state index in [1.807, 2.05) is 42.5 Å². The topological polar surface area (TPSA) is 125 Å². The van der Waals surface area contributed by atoms with Gasteiger partial charge in [-0.05, 0) is 72.7 Å². The molecule has 0 spiro atoms. The number of amides is 3. The summed E-state index contributed by atoms with van der Waals surface area (Å²) in [5.74, 6) is 2.52. The van der Waals surface area contributed by atoms with E-state index in [0.717, 1.165) is 24.0 Å². The molecule has 3 heterocycles. The van der Waals surface area contributed by atoms with Gasteiger partial charge in [0.2, 0.25) is 5.91 Å². The van der Waals surface area contributed by atoms with Gasteiger partial charge in [-0.2, -0.15) is 0 Å². The van der Waals surface area contributed by atoms with Crippen molar-refractivity contribution in [2.45, 2.75) is 44.4 Å². The molecular weight excluding hydrogens is 590 g/mol. The molecule has 242 valence electrons. The molecule has 1 aliphatic carbocycles. The molecule has 2 atom stereocenters. The number of methoxy groups -OCH3 is 2. The van der Waals surface area contributed by atoms with Crippen LogP contribution in [0.3, 0.4) is 0 Å². The molecule has 0 radical (unpaired) electrons. The number of fused-ring (bicyclic) bond motifs is 7. The van der Waals surface area contributed by atoms with E-state index < -0.39 is 12.1 Å². The maximum absolute atomic E-state index is 13.7. The average molecular weight is 630 g/mol. The summed E-state index contributed by atoms with van der Waals surface area (Å²) in [5.41, 5.74) is 2.18. The lowest BCUT2D eigenvalue weighted by atomic mass is 10.1. The molecule has 3 aromatic rings. The Morgan fingerprint density at radius 1 is 0.935 bits per heavy atom. The Labute approximate surface area is 268 Å². The second kappa shape index (κ2) is 14.0. The minimum Gasteiger partial charge on any atom is -0.493 e. The number of rotatable bonds is 8. The third-order valence-corrected chi connectivity index (χ3v) is 8.41. The first-order valence-electron chi connectivity index (χ1n) is 15.6. The van der Waals surface area contributed by atoms with Gasteiger partial charge in [0.25, 0.3) is 11.8 Å². The van der Waals surface area contributed by atoms with Gasteiger partial charge >= 0.3 is 0 Å². The van der Waals surface area contributed by atoms with E-state index in [1.54, 1.807) is 37.3 Å². The summed E-state index contributed by atoms with van der Waals surface area (Å²) < 4.78 is 28.8. The summed E-state index contributed by atoms with van der Waals surface area (Å²) in [6, 6.07) is 17.5. The molecule has 0 unspecified atom stereocenters. The van der Waals surface area contributed by atoms with Crippen molar-refractivity contribution in [3.63, 3.8) is 0 Å². The highest BCUT2D eigenvalue weighted by Gasteiger charge is 2.38. The average Bonchev–Trinajstić information content (AvgIpc) is 3.83. The summed E-state index contributed by atoms with van der Waals surface area (Å²) >= 11 is 0. The number of ether oxygens (including phenoxy) is 5. The number of hydrogen-bond donors (Lipinski definition) is 2. The van der Waals surface area contributed by atoms with Crippen LogP contribution in [0.25, 0.3) is 0 Å². The third kappa shape index (κ3) is 7.82. The minimum atomic E-state index is -0.486. The number of carbonyl (C=O) groups excluding carboxylic acids is 3. The summed E-state index contributed by atoms with van der Waals surface area (Å²) in [6.45, 7) is 1.28. The Kier molecular flexibility index (Phi) is 9.46. The van der Waals surface area contributed by atoms with E-state index in [2.05, 4.69) is 10.6 Å². The molecule has 4 aliphatic rings. The smallest absolute Gasteiger partial charge is 0.258 e. The van der Waals surface area contributed by atoms with Crippen molar-refractivity contribution in [3.05, 3.63) is 77.4 Å². The first-order valence-corrected chi connectivity index (χ1v) is 15.6. The number of aryl methyl sites for hydroxylation is 1. The van der Waals surface area contributed by atoms with Crippen LogP contribution in [0, 0.1) is 5.92 Å². The van der Waals surface area contributed by atoms with Crippen LogP contribution in [0.1, 0.15) is 40.7 Å². The SMILES string of the molecule is COc1ccc(CCC(=O)N2C[C@@H]3NC(=O)c4cc(cc(OCC5CC5)c4)OCC(=O)NCc4ccc(cc4)O[C@H]3C2)cc1OC. The first kappa shape index (κ1) is 31.1. The predicted molar refractivity (Wildman–Crippen MR) is 169 cm³/mol. The predicted octanol–water partition coefficient (Wildman–Crippen LogP) is 3.52. The van der Waals surface area contributed by atoms with E-state index in [1.165, 1.54) is 0 Å². The number of likely N-dealkylation sites (tertiary alicyclic amines) is 1. The van der Waals surface area contributed by atoms with Crippen molar-refractivity contribution in [2.75, 3.05) is 40.5 Å². The maximum atomic E-state index is 13.7. The fraction of sp³-hybridized carbons (Fsp3) is 0.400. The van der Waals surface area contributed by atoms with Crippen molar-refractivity contribution in [1.29, 1.82) is 0 Å². The van der Waals surface area contributed by atoms with Crippen LogP contribution in [-0.2, 0) is 22.6 Å². The summed E-state index contributed by atoms with van der Waals surface area (Å²) in [7, 11) is 3.16. The van der Waals surface area contributed by atoms with Gasteiger partial charge in [-0.15, -0.1) is 0 Å². The summed E-state index contributed by atoms with van der Waals surface area (Å²) in [6.07, 6.45) is 2.56. The molecule has 3 aromatic carbocycles. The van der Waals surface area contributed by atoms with Crippen LogP contribution in [0.4, 0.5) is 0 Å². The number of hydrogen-bond acceptors (Lipinski definition) is 8. The number of nitrogens with zero attached hydrogens (tertiary/aromatic N) is 1. The molecule has 2 N–H and O–H groups in total. The molecule has 2 fully saturated rings. The molecule has 11 heteroatoms. The Bertz CT molecular complexity index is 1570. The quantitative estimate of drug-likeness (QED) is 0.388. The highest BCUT2D eigenvalue weighted by molar-refractivity contribution is 5.95. The molecule has 7 rings (SSSR count). The molecule has 1 saturated heterocycles. The van der Waals surface area contributed by atoms with Gasteiger partial charge in [0.05, 0.1) is 33.4 Å². The molecule has 3 amide bonds. The van der Waals surface area contributed by atoms with Crippen LogP contribution < -0.4 is 34.3 Å². The maximum Gasteiger partial charge on any atom is 0.258 e. The lowest BCUT2D eigenvalue weighted by Crippen LogP contribution is -2.45. The Morgan fingerprint density at radius 2 is 1.74 bits per heavy atom. The molecule has 4 bridgehead atoms. The second-order valence-electron chi connectivity index (χ2n) is 11.9. The third-order valence-electron chi connectivity index (χ3n) is 8.41. The van der Waals surface area contributed by atoms with E-state index in [-0.39, 0.29) is 30.7 Å². The van der Waals surface area contributed by atoms with E-state index in [0.29, 0.717) is 72.9 Å². The van der Waals surface area contributed by atoms with E-state index >= 15 is 0 Å². The monoisotopic (exact) mass is 629 g/mol. The zero-order valence-corrected chi connectivity index (χ0v) is 26.1. The summed E-state index contributed by atoms with van der Waals surface area (Å²) in [4.78, 5) is 41.3. The molecule has 46 heavy (non-hydrogen) atoms. The molecule has 0 aromatic heterocycles. The largest absolute Gasteiger partial charge is 0.493 e. The minimum absolute atomic E-state index is 0.0421. The van der Waals surface area contributed by atoms with Gasteiger partial charge in [-0.25, -0.2) is 0 Å². The highest BCUT2D eigenvalue weighted by atomic mass is 16.5. The van der Waals surface area contributed by atoms with Gasteiger partial charge in [0, 0.05) is 31.1 Å². The lowest BCUT2D eigenvalue weighted by molar-refractivity contribution is -0.130. The van der Waals surface area contributed by atoms with Gasteiger partial charge in [0.15, 0.2) is 18.1 Å². The first-order chi connectivity index (χ1) is 22.4. The standard InChI is InChI=1S/C35H39N3O8/c1-42-30-11-7-22(13-31(30)43-2)8-12-34(40)38-18-29-32(19-38)46-26-9-5-23(6-10-26)17-36-33(39)21-45-28-15-25(35(41)37-29)14-27(16-28)44-20-24-3-4-24/h5-7,9-11,13-16,24,29,32H,3-4,8,12,17-21H2,1-2H3,(H,36,39)(H,37,41)/t29-,32-/m0/s1. The van der Waals surface area contributed by atoms with Gasteiger partial charge in [0.1, 0.15) is 23.4 Å². The van der Waals surface area contributed by atoms with E-state index in [9.17, 15) is 14.4 Å². The number of benzene rings is 3. The zero-order valence-electron chi connectivity index (χ0n) is 26.1. The Morgan fingerprint density at radius 3 is 2.50 bits per heavy atom. The molecular formula is C35H39N3O8. The van der Waals surface area contributed by atoms with Gasteiger partial charge in [-0.1, -0.05) is 18.2 Å². The molecule has 3 aliphatic heterocycles. The Balaban J connectivity index is 1.21. The van der Waals surface area contributed by atoms with Gasteiger partial charge in [-0.3, -0.25) is 14.4 Å². The van der Waals surface area contributed by atoms with Crippen molar-refractivity contribution in [2.24, 2.45) is 5.92 Å². The zero-order chi connectivity index (χ0) is 32.0. The van der Waals surface area contributed by atoms with Gasteiger partial charge < -0.3 is 39.2 Å². The van der Waals surface area contributed by atoms with Crippen molar-refractivity contribution >= 4 is 17.7 Å². The van der Waals surface area contributed by atoms with Crippen molar-refractivity contribution in [1.82, 2.24) is 15.5 Å². The number of carbonyl (C=O) groups is 3. The van der Waals surface area contributed by atoms with Crippen LogP contribution in [0.5, 0.6) is 28.7 Å². The fourth-order valence-corrected chi connectivity index (χ4v) is 5.56. The molecule has 1 saturated carbocycles. The van der Waals surface area contributed by atoms with Crippen LogP contribution in [0.2, 0.25) is 0 Å². The van der Waals surface area contributed by atoms with Crippen LogP contribution in [-0.4, -0.2) is 75.3 Å². The van der Waals surface area contributed by atoms with E-state index in [4.69, 9.17) is 23.7 Å². The lowest BCUT2D eigenvalue weighted by Gasteiger charge is -2.21. The fourth-order valence-electron chi connectivity index (χ4n) is 5.56. The normalized spacial score (nSPS) is 19.6. The Hall–Kier alpha value is -4.93.